The number of benzene rings is 2. The lowest BCUT2D eigenvalue weighted by molar-refractivity contribution is 0.0519. The molecule has 1 fully saturated rings. The first-order valence-electron chi connectivity index (χ1n) is 13.2. The summed E-state index contributed by atoms with van der Waals surface area (Å²) < 4.78 is 6.73. The first-order chi connectivity index (χ1) is 17.9. The molecule has 0 bridgehead atoms. The molecular formula is C30H33ClN4OS. The van der Waals surface area contributed by atoms with Crippen molar-refractivity contribution in [3.05, 3.63) is 70.8 Å². The van der Waals surface area contributed by atoms with Crippen LogP contribution >= 0.6 is 23.4 Å². The third-order valence-corrected chi connectivity index (χ3v) is 9.70. The molecule has 2 aromatic carbocycles. The largest absolute Gasteiger partial charge is 0.452 e. The lowest BCUT2D eigenvalue weighted by atomic mass is 9.59. The molecule has 1 saturated carbocycles. The fourth-order valence-electron chi connectivity index (χ4n) is 6.27. The maximum absolute atomic E-state index is 6.73. The minimum absolute atomic E-state index is 0.185. The molecule has 4 atom stereocenters. The van der Waals surface area contributed by atoms with E-state index in [4.69, 9.17) is 21.3 Å². The van der Waals surface area contributed by atoms with Crippen molar-refractivity contribution in [2.24, 2.45) is 23.2 Å². The van der Waals surface area contributed by atoms with Gasteiger partial charge in [-0.3, -0.25) is 0 Å². The Morgan fingerprint density at radius 1 is 1.11 bits per heavy atom. The molecular weight excluding hydrogens is 500 g/mol. The van der Waals surface area contributed by atoms with Crippen LogP contribution < -0.4 is 10.1 Å². The highest BCUT2D eigenvalue weighted by Crippen LogP contribution is 2.52. The van der Waals surface area contributed by atoms with Gasteiger partial charge in [0.15, 0.2) is 11.9 Å². The minimum atomic E-state index is -0.185. The molecule has 0 radical (unpaired) electrons. The van der Waals surface area contributed by atoms with Gasteiger partial charge in [-0.05, 0) is 60.6 Å². The number of fused-ring (bicyclic) bond motifs is 4. The summed E-state index contributed by atoms with van der Waals surface area (Å²) in [6, 6.07) is 16.1. The Morgan fingerprint density at radius 2 is 1.92 bits per heavy atom. The van der Waals surface area contributed by atoms with Crippen molar-refractivity contribution in [3.63, 3.8) is 0 Å². The zero-order valence-electron chi connectivity index (χ0n) is 21.6. The molecule has 7 heteroatoms. The molecule has 2 aliphatic carbocycles. The fraction of sp³-hybridized carbons (Fsp3) is 0.433. The highest BCUT2D eigenvalue weighted by atomic mass is 35.5. The van der Waals surface area contributed by atoms with Crippen molar-refractivity contribution in [2.75, 3.05) is 5.32 Å². The number of rotatable bonds is 4. The number of nitrogens with zero attached hydrogens (tertiary/aromatic N) is 3. The predicted molar refractivity (Wildman–Crippen MR) is 151 cm³/mol. The molecule has 1 aromatic heterocycles. The third kappa shape index (κ3) is 4.86. The summed E-state index contributed by atoms with van der Waals surface area (Å²) >= 11 is 7.89. The quantitative estimate of drug-likeness (QED) is 0.271. The van der Waals surface area contributed by atoms with Crippen molar-refractivity contribution < 1.29 is 4.74 Å². The van der Waals surface area contributed by atoms with Crippen LogP contribution in [0.2, 0.25) is 5.02 Å². The van der Waals surface area contributed by atoms with Gasteiger partial charge in [-0.25, -0.2) is 0 Å². The van der Waals surface area contributed by atoms with Gasteiger partial charge in [-0.2, -0.15) is 4.98 Å². The Kier molecular flexibility index (Phi) is 6.66. The number of ether oxygens (including phenoxy) is 1. The number of anilines is 1. The van der Waals surface area contributed by atoms with Crippen molar-refractivity contribution in [1.29, 1.82) is 0 Å². The van der Waals surface area contributed by atoms with Crippen LogP contribution in [0.3, 0.4) is 0 Å². The van der Waals surface area contributed by atoms with Gasteiger partial charge in [-0.15, -0.1) is 10.2 Å². The van der Waals surface area contributed by atoms with Gasteiger partial charge in [0.1, 0.15) is 0 Å². The van der Waals surface area contributed by atoms with Crippen molar-refractivity contribution in [1.82, 2.24) is 15.2 Å². The first kappa shape index (κ1) is 24.7. The number of halogens is 1. The predicted octanol–water partition coefficient (Wildman–Crippen LogP) is 8.02. The van der Waals surface area contributed by atoms with Gasteiger partial charge in [0, 0.05) is 27.9 Å². The molecule has 192 valence electrons. The molecule has 1 aliphatic heterocycles. The number of hydrogen-bond donors (Lipinski definition) is 1. The number of aromatic nitrogens is 3. The second-order valence-electron chi connectivity index (χ2n) is 11.3. The van der Waals surface area contributed by atoms with Crippen LogP contribution in [0.25, 0.3) is 11.3 Å². The minimum Gasteiger partial charge on any atom is -0.452 e. The van der Waals surface area contributed by atoms with Crippen LogP contribution in [-0.4, -0.2) is 21.4 Å². The average Bonchev–Trinajstić information content (AvgIpc) is 3.04. The van der Waals surface area contributed by atoms with Crippen molar-refractivity contribution in [3.8, 4) is 17.1 Å². The lowest BCUT2D eigenvalue weighted by Gasteiger charge is -2.48. The van der Waals surface area contributed by atoms with E-state index in [1.54, 1.807) is 5.57 Å². The number of nitrogens with one attached hydrogen (secondary N) is 1. The SMILES string of the molecule is C[C@@H]1CC2=CCCC(C)(C)[C@@H]2C[C@H]1[C@H]1Nc2ccccc2-c2nnc(SCc3ccccc3Cl)nc2O1. The molecule has 2 heterocycles. The average molecular weight is 533 g/mol. The number of para-hydroxylation sites is 1. The second kappa shape index (κ2) is 9.95. The first-order valence-corrected chi connectivity index (χ1v) is 14.6. The third-order valence-electron chi connectivity index (χ3n) is 8.44. The van der Waals surface area contributed by atoms with Gasteiger partial charge in [0.2, 0.25) is 11.0 Å². The molecule has 0 spiro atoms. The van der Waals surface area contributed by atoms with Gasteiger partial charge >= 0.3 is 0 Å². The topological polar surface area (TPSA) is 59.9 Å². The molecule has 3 aromatic rings. The van der Waals surface area contributed by atoms with E-state index < -0.39 is 0 Å². The van der Waals surface area contributed by atoms with E-state index in [0.29, 0.717) is 45.7 Å². The van der Waals surface area contributed by atoms with E-state index in [-0.39, 0.29) is 6.23 Å². The van der Waals surface area contributed by atoms with Crippen LogP contribution in [0, 0.1) is 23.2 Å². The second-order valence-corrected chi connectivity index (χ2v) is 12.6. The molecule has 3 aliphatic rings. The zero-order chi connectivity index (χ0) is 25.6. The van der Waals surface area contributed by atoms with E-state index in [1.807, 2.05) is 30.3 Å². The molecule has 0 saturated heterocycles. The van der Waals surface area contributed by atoms with Crippen LogP contribution in [0.4, 0.5) is 5.69 Å². The Balaban J connectivity index is 1.31. The summed E-state index contributed by atoms with van der Waals surface area (Å²) in [6.07, 6.45) is 7.02. The van der Waals surface area contributed by atoms with E-state index >= 15 is 0 Å². The number of allylic oxidation sites excluding steroid dienone is 2. The standard InChI is InChI=1S/C30H33ClN4OS/c1-18-15-19-10-8-14-30(2,3)23(19)16-22(18)27-32-25-13-7-5-11-21(25)26-28(36-27)33-29(35-34-26)37-17-20-9-4-6-12-24(20)31/h4-7,9-13,18,22-23,27,32H,8,14-17H2,1-3H3/t18-,22-,23-,27+/m1/s1. The number of hydrogen-bond acceptors (Lipinski definition) is 6. The van der Waals surface area contributed by atoms with E-state index in [0.717, 1.165) is 34.7 Å². The number of thioether (sulfide) groups is 1. The van der Waals surface area contributed by atoms with E-state index in [2.05, 4.69) is 60.6 Å². The molecule has 5 nitrogen and oxygen atoms in total. The maximum Gasteiger partial charge on any atom is 0.247 e. The van der Waals surface area contributed by atoms with Crippen molar-refractivity contribution >= 4 is 29.1 Å². The Labute approximate surface area is 228 Å². The normalized spacial score (nSPS) is 25.9. The molecule has 0 unspecified atom stereocenters. The van der Waals surface area contributed by atoms with Gasteiger partial charge in [0.25, 0.3) is 0 Å². The maximum atomic E-state index is 6.73. The lowest BCUT2D eigenvalue weighted by Crippen LogP contribution is -2.45. The summed E-state index contributed by atoms with van der Waals surface area (Å²) in [7, 11) is 0. The van der Waals surface area contributed by atoms with Gasteiger partial charge in [-0.1, -0.05) is 92.2 Å². The molecule has 0 amide bonds. The Bertz CT molecular complexity index is 1340. The van der Waals surface area contributed by atoms with Gasteiger partial charge in [0.05, 0.1) is 0 Å². The smallest absolute Gasteiger partial charge is 0.247 e. The fourth-order valence-corrected chi connectivity index (χ4v) is 7.34. The molecule has 37 heavy (non-hydrogen) atoms. The van der Waals surface area contributed by atoms with Gasteiger partial charge < -0.3 is 10.1 Å². The monoisotopic (exact) mass is 532 g/mol. The van der Waals surface area contributed by atoms with Crippen LogP contribution in [0.15, 0.2) is 65.3 Å². The van der Waals surface area contributed by atoms with Crippen LogP contribution in [0.1, 0.15) is 52.0 Å². The van der Waals surface area contributed by atoms with E-state index in [1.165, 1.54) is 24.6 Å². The highest BCUT2D eigenvalue weighted by Gasteiger charge is 2.44. The van der Waals surface area contributed by atoms with Crippen molar-refractivity contribution in [2.45, 2.75) is 63.6 Å². The zero-order valence-corrected chi connectivity index (χ0v) is 23.1. The van der Waals surface area contributed by atoms with E-state index in [9.17, 15) is 0 Å². The summed E-state index contributed by atoms with van der Waals surface area (Å²) in [4.78, 5) is 4.87. The van der Waals surface area contributed by atoms with Crippen LogP contribution in [0.5, 0.6) is 5.88 Å². The molecule has 6 rings (SSSR count). The van der Waals surface area contributed by atoms with Crippen LogP contribution in [-0.2, 0) is 5.75 Å². The Hall–Kier alpha value is -2.57. The summed E-state index contributed by atoms with van der Waals surface area (Å²) in [5.74, 6) is 2.68. The Morgan fingerprint density at radius 3 is 2.78 bits per heavy atom. The summed E-state index contributed by atoms with van der Waals surface area (Å²) in [5.41, 5.74) is 5.70. The highest BCUT2D eigenvalue weighted by molar-refractivity contribution is 7.98. The summed E-state index contributed by atoms with van der Waals surface area (Å²) in [6.45, 7) is 7.24. The summed E-state index contributed by atoms with van der Waals surface area (Å²) in [5, 5.41) is 14.1. The molecule has 1 N–H and O–H groups in total.